The Morgan fingerprint density at radius 1 is 1.37 bits per heavy atom. The molecule has 0 radical (unpaired) electrons. The van der Waals surface area contributed by atoms with Gasteiger partial charge in [-0.2, -0.15) is 13.2 Å². The molecule has 0 unspecified atom stereocenters. The normalized spacial score (nSPS) is 23.5. The van der Waals surface area contributed by atoms with Gasteiger partial charge in [-0.05, 0) is 31.9 Å². The van der Waals surface area contributed by atoms with Crippen LogP contribution in [0.4, 0.5) is 13.2 Å². The van der Waals surface area contributed by atoms with Gasteiger partial charge in [0.1, 0.15) is 10.8 Å². The second-order valence-electron chi connectivity index (χ2n) is 4.38. The van der Waals surface area contributed by atoms with Gasteiger partial charge in [0.25, 0.3) is 0 Å². The van der Waals surface area contributed by atoms with E-state index in [4.69, 9.17) is 16.7 Å². The highest BCUT2D eigenvalue weighted by Gasteiger charge is 2.32. The summed E-state index contributed by atoms with van der Waals surface area (Å²) in [5.74, 6) is 0. The van der Waals surface area contributed by atoms with Crippen molar-refractivity contribution >= 4 is 11.6 Å². The molecule has 0 aromatic carbocycles. The van der Waals surface area contributed by atoms with E-state index in [2.05, 4.69) is 17.2 Å². The molecule has 2 heterocycles. The number of aliphatic hydroxyl groups is 1. The van der Waals surface area contributed by atoms with Crippen molar-refractivity contribution < 1.29 is 18.3 Å². The van der Waals surface area contributed by atoms with Crippen LogP contribution in [0.25, 0.3) is 0 Å². The van der Waals surface area contributed by atoms with Gasteiger partial charge in [-0.15, -0.1) is 0 Å². The molecule has 2 rings (SSSR count). The van der Waals surface area contributed by atoms with E-state index < -0.39 is 11.9 Å². The van der Waals surface area contributed by atoms with Crippen LogP contribution in [0.1, 0.15) is 25.5 Å². The lowest BCUT2D eigenvalue weighted by Gasteiger charge is -2.23. The summed E-state index contributed by atoms with van der Waals surface area (Å²) >= 11 is 5.24. The molecule has 0 spiro atoms. The summed E-state index contributed by atoms with van der Waals surface area (Å²) in [4.78, 5) is 3.08. The fraction of sp³-hybridized carbons (Fsp3) is 0.583. The lowest BCUT2D eigenvalue weighted by atomic mass is 10.0. The highest BCUT2D eigenvalue weighted by atomic mass is 35.5. The SMILES string of the molecule is C[C@@H]1CC[C@H](O)CN1.FC(F)(F)c1cccc(Cl)n1. The van der Waals surface area contributed by atoms with Crippen LogP contribution in [-0.4, -0.2) is 28.8 Å². The molecule has 19 heavy (non-hydrogen) atoms. The number of β-amino-alcohol motifs (C(OH)–C–C–N with tert-alkyl or cyclic N) is 1. The van der Waals surface area contributed by atoms with Gasteiger partial charge in [0, 0.05) is 12.6 Å². The van der Waals surface area contributed by atoms with Crippen LogP contribution in [0.15, 0.2) is 18.2 Å². The first kappa shape index (κ1) is 16.2. The lowest BCUT2D eigenvalue weighted by molar-refractivity contribution is -0.141. The van der Waals surface area contributed by atoms with Crippen LogP contribution >= 0.6 is 11.6 Å². The largest absolute Gasteiger partial charge is 0.433 e. The quantitative estimate of drug-likeness (QED) is 0.724. The third-order valence-electron chi connectivity index (χ3n) is 2.64. The van der Waals surface area contributed by atoms with Crippen molar-refractivity contribution in [2.45, 2.75) is 38.1 Å². The fourth-order valence-electron chi connectivity index (χ4n) is 1.55. The number of rotatable bonds is 0. The van der Waals surface area contributed by atoms with Crippen molar-refractivity contribution in [1.82, 2.24) is 10.3 Å². The van der Waals surface area contributed by atoms with E-state index in [1.165, 1.54) is 12.1 Å². The van der Waals surface area contributed by atoms with Crippen molar-refractivity contribution in [3.05, 3.63) is 29.0 Å². The van der Waals surface area contributed by atoms with Gasteiger partial charge in [-0.1, -0.05) is 17.7 Å². The Kier molecular flexibility index (Phi) is 6.03. The molecule has 1 aliphatic heterocycles. The molecule has 0 amide bonds. The van der Waals surface area contributed by atoms with Crippen LogP contribution in [0.3, 0.4) is 0 Å². The number of nitrogens with one attached hydrogen (secondary N) is 1. The van der Waals surface area contributed by atoms with Gasteiger partial charge in [0.05, 0.1) is 6.10 Å². The Labute approximate surface area is 114 Å². The van der Waals surface area contributed by atoms with E-state index in [-0.39, 0.29) is 11.3 Å². The average Bonchev–Trinajstić information content (AvgIpc) is 2.33. The number of aliphatic hydroxyl groups excluding tert-OH is 1. The van der Waals surface area contributed by atoms with Gasteiger partial charge in [-0.25, -0.2) is 4.98 Å². The Bertz CT molecular complexity index is 383. The minimum absolute atomic E-state index is 0.0915. The molecule has 7 heteroatoms. The predicted octanol–water partition coefficient (Wildman–Crippen LogP) is 2.87. The number of aromatic nitrogens is 1. The molecule has 108 valence electrons. The summed E-state index contributed by atoms with van der Waals surface area (Å²) in [5.41, 5.74) is -0.968. The Morgan fingerprint density at radius 2 is 2.05 bits per heavy atom. The molecule has 0 saturated carbocycles. The molecular formula is C12H16ClF3N2O. The van der Waals surface area contributed by atoms with Crippen molar-refractivity contribution in [1.29, 1.82) is 0 Å². The van der Waals surface area contributed by atoms with E-state index in [1.807, 2.05) is 0 Å². The van der Waals surface area contributed by atoms with Gasteiger partial charge in [0.2, 0.25) is 0 Å². The molecule has 3 nitrogen and oxygen atoms in total. The summed E-state index contributed by atoms with van der Waals surface area (Å²) < 4.78 is 35.5. The molecule has 2 N–H and O–H groups in total. The predicted molar refractivity (Wildman–Crippen MR) is 67.0 cm³/mol. The van der Waals surface area contributed by atoms with Gasteiger partial charge < -0.3 is 10.4 Å². The van der Waals surface area contributed by atoms with Crippen molar-refractivity contribution in [3.8, 4) is 0 Å². The van der Waals surface area contributed by atoms with E-state index in [0.717, 1.165) is 25.5 Å². The Hall–Kier alpha value is -0.850. The first-order valence-corrected chi connectivity index (χ1v) is 6.28. The molecule has 1 aromatic heterocycles. The van der Waals surface area contributed by atoms with Crippen LogP contribution in [-0.2, 0) is 6.18 Å². The average molecular weight is 297 g/mol. The number of piperidine rings is 1. The molecular weight excluding hydrogens is 281 g/mol. The maximum absolute atomic E-state index is 11.8. The van der Waals surface area contributed by atoms with Gasteiger partial charge in [0.15, 0.2) is 0 Å². The first-order valence-electron chi connectivity index (χ1n) is 5.90. The number of hydrogen-bond acceptors (Lipinski definition) is 3. The minimum Gasteiger partial charge on any atom is -0.392 e. The molecule has 0 bridgehead atoms. The van der Waals surface area contributed by atoms with Gasteiger partial charge >= 0.3 is 6.18 Å². The highest BCUT2D eigenvalue weighted by Crippen LogP contribution is 2.27. The Morgan fingerprint density at radius 3 is 2.42 bits per heavy atom. The molecule has 1 aromatic rings. The van der Waals surface area contributed by atoms with Crippen LogP contribution in [0.2, 0.25) is 5.15 Å². The monoisotopic (exact) mass is 296 g/mol. The molecule has 1 fully saturated rings. The zero-order valence-corrected chi connectivity index (χ0v) is 11.2. The zero-order valence-electron chi connectivity index (χ0n) is 10.4. The summed E-state index contributed by atoms with van der Waals surface area (Å²) in [5, 5.41) is 12.0. The molecule has 1 aliphatic rings. The van der Waals surface area contributed by atoms with Crippen molar-refractivity contribution in [3.63, 3.8) is 0 Å². The smallest absolute Gasteiger partial charge is 0.392 e. The van der Waals surface area contributed by atoms with E-state index >= 15 is 0 Å². The Balaban J connectivity index is 0.000000200. The summed E-state index contributed by atoms with van der Waals surface area (Å²) in [7, 11) is 0. The number of hydrogen-bond donors (Lipinski definition) is 2. The lowest BCUT2D eigenvalue weighted by Crippen LogP contribution is -2.39. The number of nitrogens with zero attached hydrogens (tertiary/aromatic N) is 1. The second-order valence-corrected chi connectivity index (χ2v) is 4.77. The van der Waals surface area contributed by atoms with E-state index in [0.29, 0.717) is 6.04 Å². The third kappa shape index (κ3) is 6.22. The molecule has 2 atom stereocenters. The maximum atomic E-state index is 11.8. The number of pyridine rings is 1. The third-order valence-corrected chi connectivity index (χ3v) is 2.85. The van der Waals surface area contributed by atoms with Crippen molar-refractivity contribution in [2.75, 3.05) is 6.54 Å². The fourth-order valence-corrected chi connectivity index (χ4v) is 1.71. The maximum Gasteiger partial charge on any atom is 0.433 e. The minimum atomic E-state index is -4.41. The zero-order chi connectivity index (χ0) is 14.5. The number of alkyl halides is 3. The second kappa shape index (κ2) is 7.07. The van der Waals surface area contributed by atoms with Crippen LogP contribution in [0.5, 0.6) is 0 Å². The van der Waals surface area contributed by atoms with Gasteiger partial charge in [-0.3, -0.25) is 0 Å². The standard InChI is InChI=1S/C6H3ClF3N.C6H13NO/c7-5-3-1-2-4(11-5)6(8,9)10;1-5-2-3-6(8)4-7-5/h1-3H;5-8H,2-4H2,1H3/t;5-,6+/m.1/s1. The molecule has 1 saturated heterocycles. The highest BCUT2D eigenvalue weighted by molar-refractivity contribution is 6.29. The summed E-state index contributed by atoms with van der Waals surface area (Å²) in [6.07, 6.45) is -2.42. The number of halogens is 4. The summed E-state index contributed by atoms with van der Waals surface area (Å²) in [6.45, 7) is 2.92. The van der Waals surface area contributed by atoms with Crippen LogP contribution in [0, 0.1) is 0 Å². The topological polar surface area (TPSA) is 45.1 Å². The summed E-state index contributed by atoms with van der Waals surface area (Å²) in [6, 6.07) is 3.97. The van der Waals surface area contributed by atoms with Crippen molar-refractivity contribution in [2.24, 2.45) is 0 Å². The van der Waals surface area contributed by atoms with E-state index in [1.54, 1.807) is 0 Å². The molecule has 0 aliphatic carbocycles. The van der Waals surface area contributed by atoms with Crippen LogP contribution < -0.4 is 5.32 Å². The first-order chi connectivity index (χ1) is 8.79. The van der Waals surface area contributed by atoms with E-state index in [9.17, 15) is 13.2 Å².